The normalized spacial score (nSPS) is 12.4. The molecule has 140 valence electrons. The van der Waals surface area contributed by atoms with Gasteiger partial charge in [0.05, 0.1) is 4.90 Å². The van der Waals surface area contributed by atoms with E-state index in [-0.39, 0.29) is 18.1 Å². The third-order valence-electron chi connectivity index (χ3n) is 3.64. The Labute approximate surface area is 154 Å². The second-order valence-electron chi connectivity index (χ2n) is 5.67. The fourth-order valence-electron chi connectivity index (χ4n) is 2.23. The molecule has 0 aliphatic rings. The number of rotatable bonds is 9. The summed E-state index contributed by atoms with van der Waals surface area (Å²) in [4.78, 5) is 12.1. The van der Waals surface area contributed by atoms with E-state index in [9.17, 15) is 13.2 Å². The lowest BCUT2D eigenvalue weighted by atomic mass is 10.2. The van der Waals surface area contributed by atoms with Gasteiger partial charge in [0.1, 0.15) is 25.0 Å². The average Bonchev–Trinajstić information content (AvgIpc) is 2.65. The molecular formula is C19H23NO5S. The number of hydrogen-bond acceptors (Lipinski definition) is 5. The summed E-state index contributed by atoms with van der Waals surface area (Å²) in [7, 11) is -3.77. The van der Waals surface area contributed by atoms with Gasteiger partial charge in [-0.05, 0) is 43.2 Å². The minimum absolute atomic E-state index is 0.0343. The lowest BCUT2D eigenvalue weighted by molar-refractivity contribution is -0.145. The summed E-state index contributed by atoms with van der Waals surface area (Å²) < 4.78 is 37.3. The van der Waals surface area contributed by atoms with Gasteiger partial charge in [0.15, 0.2) is 0 Å². The second kappa shape index (κ2) is 9.35. The maximum atomic E-state index is 12.2. The lowest BCUT2D eigenvalue weighted by Crippen LogP contribution is -2.39. The Kier molecular flexibility index (Phi) is 7.17. The average molecular weight is 377 g/mol. The van der Waals surface area contributed by atoms with E-state index in [1.165, 1.54) is 19.1 Å². The predicted molar refractivity (Wildman–Crippen MR) is 98.5 cm³/mol. The molecule has 0 amide bonds. The van der Waals surface area contributed by atoms with Crippen molar-refractivity contribution in [2.75, 3.05) is 13.2 Å². The Morgan fingerprint density at radius 1 is 1.08 bits per heavy atom. The van der Waals surface area contributed by atoms with Crippen LogP contribution < -0.4 is 9.46 Å². The minimum atomic E-state index is -3.77. The Bertz CT molecular complexity index is 821. The van der Waals surface area contributed by atoms with Crippen molar-refractivity contribution in [2.24, 2.45) is 0 Å². The maximum absolute atomic E-state index is 12.2. The first-order valence-corrected chi connectivity index (χ1v) is 9.86. The van der Waals surface area contributed by atoms with Crippen molar-refractivity contribution in [2.45, 2.75) is 31.2 Å². The van der Waals surface area contributed by atoms with E-state index in [0.717, 1.165) is 12.0 Å². The van der Waals surface area contributed by atoms with Crippen molar-refractivity contribution in [3.63, 3.8) is 0 Å². The summed E-state index contributed by atoms with van der Waals surface area (Å²) in [5, 5.41) is 0. The van der Waals surface area contributed by atoms with Crippen LogP contribution in [0.4, 0.5) is 0 Å². The van der Waals surface area contributed by atoms with Crippen LogP contribution in [0, 0.1) is 0 Å². The molecular weight excluding hydrogens is 354 g/mol. The Morgan fingerprint density at radius 2 is 1.81 bits per heavy atom. The Balaban J connectivity index is 1.78. The zero-order chi connectivity index (χ0) is 19.0. The van der Waals surface area contributed by atoms with Crippen molar-refractivity contribution in [1.82, 2.24) is 4.72 Å². The standard InChI is InChI=1S/C19H23NO5S/c1-3-16-8-7-9-17(14-16)24-12-13-25-19(21)15(2)20-26(22,23)18-10-5-4-6-11-18/h4-11,14-15,20H,3,12-13H2,1-2H3. The highest BCUT2D eigenvalue weighted by molar-refractivity contribution is 7.89. The van der Waals surface area contributed by atoms with Crippen molar-refractivity contribution >= 4 is 16.0 Å². The van der Waals surface area contributed by atoms with Gasteiger partial charge in [0, 0.05) is 0 Å². The van der Waals surface area contributed by atoms with Gasteiger partial charge in [-0.1, -0.05) is 37.3 Å². The number of esters is 1. The SMILES string of the molecule is CCc1cccc(OCCOC(=O)C(C)NS(=O)(=O)c2ccccc2)c1. The van der Waals surface area contributed by atoms with Gasteiger partial charge in [0.25, 0.3) is 0 Å². The molecule has 6 nitrogen and oxygen atoms in total. The third-order valence-corrected chi connectivity index (χ3v) is 5.20. The molecule has 0 radical (unpaired) electrons. The van der Waals surface area contributed by atoms with Gasteiger partial charge in [0.2, 0.25) is 10.0 Å². The van der Waals surface area contributed by atoms with Gasteiger partial charge < -0.3 is 9.47 Å². The van der Waals surface area contributed by atoms with Crippen molar-refractivity contribution < 1.29 is 22.7 Å². The monoisotopic (exact) mass is 377 g/mol. The molecule has 2 aromatic rings. The summed E-state index contributed by atoms with van der Waals surface area (Å²) >= 11 is 0. The molecule has 2 rings (SSSR count). The number of ether oxygens (including phenoxy) is 2. The van der Waals surface area contributed by atoms with E-state index in [2.05, 4.69) is 11.6 Å². The summed E-state index contributed by atoms with van der Waals surface area (Å²) in [5.41, 5.74) is 1.16. The summed E-state index contributed by atoms with van der Waals surface area (Å²) in [6.45, 7) is 3.72. The number of nitrogens with one attached hydrogen (secondary N) is 1. The van der Waals surface area contributed by atoms with Crippen molar-refractivity contribution in [1.29, 1.82) is 0 Å². The molecule has 0 aliphatic carbocycles. The zero-order valence-corrected chi connectivity index (χ0v) is 15.7. The van der Waals surface area contributed by atoms with Gasteiger partial charge in [-0.25, -0.2) is 8.42 Å². The molecule has 26 heavy (non-hydrogen) atoms. The van der Waals surface area contributed by atoms with Crippen LogP contribution in [0.3, 0.4) is 0 Å². The van der Waals surface area contributed by atoms with E-state index in [4.69, 9.17) is 9.47 Å². The molecule has 1 unspecified atom stereocenters. The fraction of sp³-hybridized carbons (Fsp3) is 0.316. The van der Waals surface area contributed by atoms with E-state index in [1.807, 2.05) is 24.3 Å². The van der Waals surface area contributed by atoms with Crippen molar-refractivity contribution in [3.8, 4) is 5.75 Å². The number of hydrogen-bond donors (Lipinski definition) is 1. The van der Waals surface area contributed by atoms with Crippen LogP contribution in [0.5, 0.6) is 5.75 Å². The number of benzene rings is 2. The number of sulfonamides is 1. The van der Waals surface area contributed by atoms with Crippen LogP contribution in [-0.2, 0) is 26.0 Å². The van der Waals surface area contributed by atoms with Gasteiger partial charge in [-0.3, -0.25) is 4.79 Å². The summed E-state index contributed by atoms with van der Waals surface area (Å²) in [6, 6.07) is 14.5. The van der Waals surface area contributed by atoms with Crippen LogP contribution in [0.25, 0.3) is 0 Å². The van der Waals surface area contributed by atoms with Gasteiger partial charge >= 0.3 is 5.97 Å². The number of carbonyl (C=O) groups is 1. The summed E-state index contributed by atoms with van der Waals surface area (Å²) in [5.74, 6) is 0.0497. The molecule has 0 fully saturated rings. The van der Waals surface area contributed by atoms with Crippen LogP contribution in [0.2, 0.25) is 0 Å². The smallest absolute Gasteiger partial charge is 0.324 e. The predicted octanol–water partition coefficient (Wildman–Crippen LogP) is 2.54. The van der Waals surface area contributed by atoms with Gasteiger partial charge in [-0.15, -0.1) is 0 Å². The topological polar surface area (TPSA) is 81.7 Å². The van der Waals surface area contributed by atoms with E-state index >= 15 is 0 Å². The first-order valence-electron chi connectivity index (χ1n) is 8.38. The number of aryl methyl sites for hydroxylation is 1. The largest absolute Gasteiger partial charge is 0.490 e. The second-order valence-corrected chi connectivity index (χ2v) is 7.39. The highest BCUT2D eigenvalue weighted by Gasteiger charge is 2.22. The molecule has 0 bridgehead atoms. The molecule has 0 saturated carbocycles. The molecule has 0 heterocycles. The molecule has 1 N–H and O–H groups in total. The molecule has 0 saturated heterocycles. The fourth-order valence-corrected chi connectivity index (χ4v) is 3.44. The van der Waals surface area contributed by atoms with Crippen molar-refractivity contribution in [3.05, 3.63) is 60.2 Å². The highest BCUT2D eigenvalue weighted by Crippen LogP contribution is 2.13. The maximum Gasteiger partial charge on any atom is 0.324 e. The van der Waals surface area contributed by atoms with Crippen LogP contribution in [0.15, 0.2) is 59.5 Å². The zero-order valence-electron chi connectivity index (χ0n) is 14.8. The van der Waals surface area contributed by atoms with Crippen LogP contribution in [-0.4, -0.2) is 33.6 Å². The Hall–Kier alpha value is -2.38. The summed E-state index contributed by atoms with van der Waals surface area (Å²) in [6.07, 6.45) is 0.908. The molecule has 0 aromatic heterocycles. The highest BCUT2D eigenvalue weighted by atomic mass is 32.2. The van der Waals surface area contributed by atoms with E-state index in [0.29, 0.717) is 5.75 Å². The van der Waals surface area contributed by atoms with Gasteiger partial charge in [-0.2, -0.15) is 4.72 Å². The van der Waals surface area contributed by atoms with E-state index in [1.54, 1.807) is 18.2 Å². The van der Waals surface area contributed by atoms with Crippen LogP contribution >= 0.6 is 0 Å². The third kappa shape index (κ3) is 5.86. The van der Waals surface area contributed by atoms with Crippen LogP contribution in [0.1, 0.15) is 19.4 Å². The van der Waals surface area contributed by atoms with E-state index < -0.39 is 22.0 Å². The quantitative estimate of drug-likeness (QED) is 0.536. The minimum Gasteiger partial charge on any atom is -0.490 e. The molecule has 2 aromatic carbocycles. The lowest BCUT2D eigenvalue weighted by Gasteiger charge is -2.14. The molecule has 0 spiro atoms. The molecule has 0 aliphatic heterocycles. The first kappa shape index (κ1) is 19.9. The number of carbonyl (C=O) groups excluding carboxylic acids is 1. The Morgan fingerprint density at radius 3 is 2.50 bits per heavy atom. The molecule has 7 heteroatoms. The molecule has 1 atom stereocenters. The first-order chi connectivity index (χ1) is 12.4.